The monoisotopic (exact) mass is 318 g/mol. The van der Waals surface area contributed by atoms with Crippen molar-refractivity contribution in [1.82, 2.24) is 10.3 Å². The first-order valence-corrected chi connectivity index (χ1v) is 6.68. The van der Waals surface area contributed by atoms with Gasteiger partial charge in [-0.15, -0.1) is 0 Å². The van der Waals surface area contributed by atoms with Crippen LogP contribution < -0.4 is 5.32 Å². The van der Waals surface area contributed by atoms with Gasteiger partial charge in [0.25, 0.3) is 5.91 Å². The SMILES string of the molecule is CCOC(=O)[C@H](C)[C@@H](C)NC(=O)c1cccnc1C(F)(F)F. The smallest absolute Gasteiger partial charge is 0.434 e. The molecule has 0 saturated heterocycles. The maximum Gasteiger partial charge on any atom is 0.434 e. The Morgan fingerprint density at radius 3 is 2.55 bits per heavy atom. The number of hydrogen-bond donors (Lipinski definition) is 1. The largest absolute Gasteiger partial charge is 0.466 e. The second kappa shape index (κ2) is 7.24. The van der Waals surface area contributed by atoms with E-state index in [0.717, 1.165) is 12.3 Å². The highest BCUT2D eigenvalue weighted by Crippen LogP contribution is 2.30. The van der Waals surface area contributed by atoms with Gasteiger partial charge >= 0.3 is 12.1 Å². The molecule has 22 heavy (non-hydrogen) atoms. The van der Waals surface area contributed by atoms with E-state index in [-0.39, 0.29) is 6.61 Å². The summed E-state index contributed by atoms with van der Waals surface area (Å²) in [7, 11) is 0. The number of nitrogens with one attached hydrogen (secondary N) is 1. The Balaban J connectivity index is 2.88. The molecule has 0 radical (unpaired) electrons. The van der Waals surface area contributed by atoms with Gasteiger partial charge in [-0.25, -0.2) is 0 Å². The number of alkyl halides is 3. The number of nitrogens with zero attached hydrogens (tertiary/aromatic N) is 1. The molecule has 5 nitrogen and oxygen atoms in total. The van der Waals surface area contributed by atoms with Crippen molar-refractivity contribution in [3.63, 3.8) is 0 Å². The van der Waals surface area contributed by atoms with Crippen LogP contribution in [0.1, 0.15) is 36.8 Å². The van der Waals surface area contributed by atoms with E-state index in [1.807, 2.05) is 0 Å². The van der Waals surface area contributed by atoms with E-state index < -0.39 is 41.3 Å². The summed E-state index contributed by atoms with van der Waals surface area (Å²) in [6.45, 7) is 4.86. The second-order valence-corrected chi connectivity index (χ2v) is 4.70. The number of amides is 1. The molecule has 8 heteroatoms. The molecule has 0 spiro atoms. The summed E-state index contributed by atoms with van der Waals surface area (Å²) in [5, 5.41) is 2.37. The van der Waals surface area contributed by atoms with E-state index in [1.165, 1.54) is 19.9 Å². The fourth-order valence-corrected chi connectivity index (χ4v) is 1.70. The van der Waals surface area contributed by atoms with E-state index in [0.29, 0.717) is 0 Å². The van der Waals surface area contributed by atoms with E-state index in [4.69, 9.17) is 4.74 Å². The minimum absolute atomic E-state index is 0.185. The molecule has 0 aliphatic heterocycles. The molecule has 0 saturated carbocycles. The fraction of sp³-hybridized carbons (Fsp3) is 0.500. The van der Waals surface area contributed by atoms with Crippen molar-refractivity contribution in [2.45, 2.75) is 33.0 Å². The van der Waals surface area contributed by atoms with Gasteiger partial charge in [-0.3, -0.25) is 14.6 Å². The summed E-state index contributed by atoms with van der Waals surface area (Å²) in [6, 6.07) is 1.59. The summed E-state index contributed by atoms with van der Waals surface area (Å²) in [4.78, 5) is 26.8. The van der Waals surface area contributed by atoms with Gasteiger partial charge in [0.15, 0.2) is 5.69 Å². The Hall–Kier alpha value is -2.12. The molecule has 1 heterocycles. The van der Waals surface area contributed by atoms with Crippen molar-refractivity contribution < 1.29 is 27.5 Å². The number of carbonyl (C=O) groups excluding carboxylic acids is 2. The summed E-state index contributed by atoms with van der Waals surface area (Å²) in [5.74, 6) is -2.16. The van der Waals surface area contributed by atoms with Gasteiger partial charge in [-0.05, 0) is 32.9 Å². The third-order valence-corrected chi connectivity index (χ3v) is 3.09. The molecular formula is C14H17F3N2O3. The fourth-order valence-electron chi connectivity index (χ4n) is 1.70. The van der Waals surface area contributed by atoms with Gasteiger partial charge < -0.3 is 10.1 Å². The molecule has 0 aliphatic carbocycles. The van der Waals surface area contributed by atoms with Crippen LogP contribution in [0.15, 0.2) is 18.3 Å². The first-order valence-electron chi connectivity index (χ1n) is 6.68. The lowest BCUT2D eigenvalue weighted by Crippen LogP contribution is -2.41. The normalized spacial score (nSPS) is 14.1. The van der Waals surface area contributed by atoms with Crippen LogP contribution in [-0.2, 0) is 15.7 Å². The first kappa shape index (κ1) is 17.9. The van der Waals surface area contributed by atoms with Gasteiger partial charge in [0.1, 0.15) is 0 Å². The molecule has 2 atom stereocenters. The van der Waals surface area contributed by atoms with E-state index in [2.05, 4.69) is 10.3 Å². The Kier molecular flexibility index (Phi) is 5.90. The maximum absolute atomic E-state index is 12.8. The molecular weight excluding hydrogens is 301 g/mol. The molecule has 0 bridgehead atoms. The number of esters is 1. The summed E-state index contributed by atoms with van der Waals surface area (Å²) in [5.41, 5.74) is -1.85. The number of halogens is 3. The molecule has 0 fully saturated rings. The molecule has 1 N–H and O–H groups in total. The molecule has 0 unspecified atom stereocenters. The van der Waals surface area contributed by atoms with E-state index in [1.54, 1.807) is 6.92 Å². The lowest BCUT2D eigenvalue weighted by atomic mass is 10.0. The Morgan fingerprint density at radius 1 is 1.36 bits per heavy atom. The quantitative estimate of drug-likeness (QED) is 0.847. The van der Waals surface area contributed by atoms with Crippen LogP contribution in [0.2, 0.25) is 0 Å². The zero-order chi connectivity index (χ0) is 16.9. The number of pyridine rings is 1. The minimum atomic E-state index is -4.73. The number of hydrogen-bond acceptors (Lipinski definition) is 4. The van der Waals surface area contributed by atoms with Crippen molar-refractivity contribution in [2.24, 2.45) is 5.92 Å². The Bertz CT molecular complexity index is 546. The third kappa shape index (κ3) is 4.44. The van der Waals surface area contributed by atoms with Crippen molar-refractivity contribution in [3.05, 3.63) is 29.6 Å². The predicted octanol–water partition coefficient (Wildman–Crippen LogP) is 2.42. The molecule has 1 rings (SSSR count). The summed E-state index contributed by atoms with van der Waals surface area (Å²) in [6.07, 6.45) is -3.77. The molecule has 0 aromatic carbocycles. The zero-order valence-electron chi connectivity index (χ0n) is 12.4. The van der Waals surface area contributed by atoms with Crippen molar-refractivity contribution in [2.75, 3.05) is 6.61 Å². The molecule has 0 aliphatic rings. The van der Waals surface area contributed by atoms with Crippen LogP contribution in [0.25, 0.3) is 0 Å². The number of aromatic nitrogens is 1. The van der Waals surface area contributed by atoms with Crippen LogP contribution in [0, 0.1) is 5.92 Å². The molecule has 1 aromatic heterocycles. The van der Waals surface area contributed by atoms with Crippen molar-refractivity contribution in [1.29, 1.82) is 0 Å². The highest BCUT2D eigenvalue weighted by Gasteiger charge is 2.37. The number of carbonyl (C=O) groups is 2. The topological polar surface area (TPSA) is 68.3 Å². The van der Waals surface area contributed by atoms with Gasteiger partial charge in [-0.1, -0.05) is 0 Å². The van der Waals surface area contributed by atoms with Gasteiger partial charge in [0, 0.05) is 12.2 Å². The number of ether oxygens (including phenoxy) is 1. The summed E-state index contributed by atoms with van der Waals surface area (Å²) >= 11 is 0. The highest BCUT2D eigenvalue weighted by atomic mass is 19.4. The average molecular weight is 318 g/mol. The van der Waals surface area contributed by atoms with Crippen LogP contribution in [-0.4, -0.2) is 29.5 Å². The Labute approximate surface area is 125 Å². The van der Waals surface area contributed by atoms with Crippen molar-refractivity contribution in [3.8, 4) is 0 Å². The number of rotatable bonds is 5. The summed E-state index contributed by atoms with van der Waals surface area (Å²) < 4.78 is 43.3. The zero-order valence-corrected chi connectivity index (χ0v) is 12.4. The van der Waals surface area contributed by atoms with Crippen LogP contribution in [0.5, 0.6) is 0 Å². The lowest BCUT2D eigenvalue weighted by molar-refractivity contribution is -0.148. The Morgan fingerprint density at radius 2 is 2.00 bits per heavy atom. The molecule has 122 valence electrons. The van der Waals surface area contributed by atoms with Crippen molar-refractivity contribution >= 4 is 11.9 Å². The van der Waals surface area contributed by atoms with Gasteiger partial charge in [-0.2, -0.15) is 13.2 Å². The van der Waals surface area contributed by atoms with Gasteiger partial charge in [0.05, 0.1) is 18.1 Å². The maximum atomic E-state index is 12.8. The highest BCUT2D eigenvalue weighted by molar-refractivity contribution is 5.95. The van der Waals surface area contributed by atoms with Crippen LogP contribution in [0.4, 0.5) is 13.2 Å². The average Bonchev–Trinajstić information content (AvgIpc) is 2.45. The predicted molar refractivity (Wildman–Crippen MR) is 72.0 cm³/mol. The van der Waals surface area contributed by atoms with E-state index >= 15 is 0 Å². The third-order valence-electron chi connectivity index (χ3n) is 3.09. The molecule has 1 aromatic rings. The van der Waals surface area contributed by atoms with Gasteiger partial charge in [0.2, 0.25) is 0 Å². The first-order chi connectivity index (χ1) is 10.2. The minimum Gasteiger partial charge on any atom is -0.466 e. The van der Waals surface area contributed by atoms with Crippen LogP contribution >= 0.6 is 0 Å². The lowest BCUT2D eigenvalue weighted by Gasteiger charge is -2.20. The second-order valence-electron chi connectivity index (χ2n) is 4.70. The van der Waals surface area contributed by atoms with Crippen LogP contribution in [0.3, 0.4) is 0 Å². The standard InChI is InChI=1S/C14H17F3N2O3/c1-4-22-13(21)8(2)9(3)19-12(20)10-6-5-7-18-11(10)14(15,16)17/h5-9H,4H2,1-3H3,(H,19,20)/t8-,9-/m1/s1. The van der Waals surface area contributed by atoms with E-state index in [9.17, 15) is 22.8 Å². The molecule has 1 amide bonds.